The SMILES string of the molecule is Cc1c(C(C)(C)c2cc(NO)c(O)c(NO)c2C)cc(NO)c(O)c1NO. The number of benzene rings is 2. The second kappa shape index (κ2) is 7.37. The van der Waals surface area contributed by atoms with E-state index in [4.69, 9.17) is 0 Å². The summed E-state index contributed by atoms with van der Waals surface area (Å²) >= 11 is 0. The molecule has 0 spiro atoms. The van der Waals surface area contributed by atoms with Gasteiger partial charge in [-0.3, -0.25) is 42.7 Å². The van der Waals surface area contributed by atoms with E-state index in [0.717, 1.165) is 0 Å². The molecular weight excluding hydrogens is 356 g/mol. The highest BCUT2D eigenvalue weighted by Gasteiger charge is 2.32. The molecule has 0 saturated carbocycles. The summed E-state index contributed by atoms with van der Waals surface area (Å²) in [5.41, 5.74) is 8.98. The maximum atomic E-state index is 10.1. The summed E-state index contributed by atoms with van der Waals surface area (Å²) < 4.78 is 0. The topological polar surface area (TPSA) is 170 Å². The van der Waals surface area contributed by atoms with Gasteiger partial charge in [-0.05, 0) is 48.2 Å². The Morgan fingerprint density at radius 2 is 1.00 bits per heavy atom. The number of phenolic OH excluding ortho intramolecular Hbond substituents is 2. The third kappa shape index (κ3) is 3.15. The molecule has 10 heteroatoms. The van der Waals surface area contributed by atoms with Crippen molar-refractivity contribution in [1.82, 2.24) is 0 Å². The van der Waals surface area contributed by atoms with Crippen molar-refractivity contribution < 1.29 is 31.0 Å². The molecule has 148 valence electrons. The molecule has 27 heavy (non-hydrogen) atoms. The number of rotatable bonds is 6. The Balaban J connectivity index is 2.84. The third-order valence-corrected chi connectivity index (χ3v) is 4.93. The summed E-state index contributed by atoms with van der Waals surface area (Å²) in [6.07, 6.45) is 0. The summed E-state index contributed by atoms with van der Waals surface area (Å²) in [4.78, 5) is 0. The highest BCUT2D eigenvalue weighted by Crippen LogP contribution is 2.47. The summed E-state index contributed by atoms with van der Waals surface area (Å²) in [7, 11) is 0. The van der Waals surface area contributed by atoms with Gasteiger partial charge in [-0.1, -0.05) is 13.8 Å². The van der Waals surface area contributed by atoms with Gasteiger partial charge in [-0.2, -0.15) is 0 Å². The van der Waals surface area contributed by atoms with E-state index < -0.39 is 5.41 Å². The molecule has 0 aliphatic rings. The van der Waals surface area contributed by atoms with E-state index >= 15 is 0 Å². The largest absolute Gasteiger partial charge is 0.504 e. The van der Waals surface area contributed by atoms with E-state index in [1.807, 2.05) is 35.8 Å². The van der Waals surface area contributed by atoms with Crippen molar-refractivity contribution in [3.05, 3.63) is 34.4 Å². The van der Waals surface area contributed by atoms with Crippen LogP contribution in [0.25, 0.3) is 0 Å². The van der Waals surface area contributed by atoms with Crippen LogP contribution in [0.2, 0.25) is 0 Å². The number of nitrogens with one attached hydrogen (secondary N) is 4. The minimum absolute atomic E-state index is 0.00886. The Kier molecular flexibility index (Phi) is 5.56. The molecule has 10 N–H and O–H groups in total. The quantitative estimate of drug-likeness (QED) is 0.265. The van der Waals surface area contributed by atoms with Crippen molar-refractivity contribution in [3.8, 4) is 11.5 Å². The summed E-state index contributed by atoms with van der Waals surface area (Å²) in [6.45, 7) is 7.00. The molecule has 2 aromatic carbocycles. The Labute approximate surface area is 155 Å². The fourth-order valence-electron chi connectivity index (χ4n) is 3.42. The molecule has 0 aliphatic carbocycles. The van der Waals surface area contributed by atoms with Gasteiger partial charge in [0.15, 0.2) is 11.5 Å². The average molecular weight is 380 g/mol. The van der Waals surface area contributed by atoms with Gasteiger partial charge in [0.1, 0.15) is 22.7 Å². The van der Waals surface area contributed by atoms with Gasteiger partial charge >= 0.3 is 0 Å². The zero-order valence-electron chi connectivity index (χ0n) is 15.3. The van der Waals surface area contributed by atoms with E-state index in [9.17, 15) is 31.0 Å². The Morgan fingerprint density at radius 3 is 1.26 bits per heavy atom. The lowest BCUT2D eigenvalue weighted by molar-refractivity contribution is 0.371. The lowest BCUT2D eigenvalue weighted by Gasteiger charge is -2.32. The summed E-state index contributed by atoms with van der Waals surface area (Å²) in [5.74, 6) is -0.732. The third-order valence-electron chi connectivity index (χ3n) is 4.93. The van der Waals surface area contributed by atoms with Crippen LogP contribution in [0.4, 0.5) is 22.7 Å². The van der Waals surface area contributed by atoms with Crippen LogP contribution >= 0.6 is 0 Å². The molecular formula is C17H24N4O6. The average Bonchev–Trinajstić information content (AvgIpc) is 2.62. The predicted octanol–water partition coefficient (Wildman–Crippen LogP) is 3.24. The van der Waals surface area contributed by atoms with Crippen LogP contribution in [-0.2, 0) is 5.41 Å². The summed E-state index contributed by atoms with van der Waals surface area (Å²) in [6, 6.07) is 3.02. The zero-order chi connectivity index (χ0) is 20.5. The minimum atomic E-state index is -0.816. The molecule has 0 radical (unpaired) electrons. The van der Waals surface area contributed by atoms with Crippen LogP contribution in [0.5, 0.6) is 11.5 Å². The van der Waals surface area contributed by atoms with E-state index in [1.54, 1.807) is 13.8 Å². The van der Waals surface area contributed by atoms with E-state index in [-0.39, 0.29) is 34.2 Å². The smallest absolute Gasteiger partial charge is 0.167 e. The van der Waals surface area contributed by atoms with Crippen LogP contribution in [0.1, 0.15) is 36.1 Å². The van der Waals surface area contributed by atoms with Crippen LogP contribution in [-0.4, -0.2) is 31.0 Å². The number of hydrogen-bond donors (Lipinski definition) is 10. The molecule has 0 fully saturated rings. The van der Waals surface area contributed by atoms with E-state index in [1.165, 1.54) is 12.1 Å². The molecule has 0 bridgehead atoms. The molecule has 0 atom stereocenters. The van der Waals surface area contributed by atoms with Crippen molar-refractivity contribution in [2.45, 2.75) is 33.1 Å². The van der Waals surface area contributed by atoms with Crippen molar-refractivity contribution in [3.63, 3.8) is 0 Å². The predicted molar refractivity (Wildman–Crippen MR) is 99.5 cm³/mol. The van der Waals surface area contributed by atoms with Crippen molar-refractivity contribution >= 4 is 22.7 Å². The van der Waals surface area contributed by atoms with Gasteiger partial charge in [-0.15, -0.1) is 0 Å². The van der Waals surface area contributed by atoms with E-state index in [2.05, 4.69) is 0 Å². The number of aromatic hydroxyl groups is 2. The summed E-state index contributed by atoms with van der Waals surface area (Å²) in [5, 5.41) is 57.7. The number of phenols is 2. The second-order valence-corrected chi connectivity index (χ2v) is 6.71. The number of anilines is 4. The van der Waals surface area contributed by atoms with E-state index in [0.29, 0.717) is 22.3 Å². The molecule has 10 nitrogen and oxygen atoms in total. The van der Waals surface area contributed by atoms with Gasteiger partial charge in [0, 0.05) is 5.41 Å². The van der Waals surface area contributed by atoms with Crippen LogP contribution in [0, 0.1) is 13.8 Å². The Bertz CT molecular complexity index is 800. The van der Waals surface area contributed by atoms with Gasteiger partial charge in [0.05, 0.1) is 0 Å². The highest BCUT2D eigenvalue weighted by molar-refractivity contribution is 5.78. The first-order chi connectivity index (χ1) is 12.6. The normalized spacial score (nSPS) is 11.3. The molecule has 0 saturated heterocycles. The monoisotopic (exact) mass is 380 g/mol. The molecule has 2 rings (SSSR count). The fraction of sp³-hybridized carbons (Fsp3) is 0.294. The Hall–Kier alpha value is -2.92. The molecule has 0 unspecified atom stereocenters. The van der Waals surface area contributed by atoms with Crippen LogP contribution in [0.3, 0.4) is 0 Å². The standard InChI is InChI=1S/C17H24N4O6/c1-7-9(5-11(18-24)15(22)13(7)20-26)17(3,4)10-6-12(19-25)16(23)14(21-27)8(10)2/h5-6,18-27H,1-4H3. The molecule has 2 aromatic rings. The van der Waals surface area contributed by atoms with Gasteiger partial charge in [-0.25, -0.2) is 0 Å². The Morgan fingerprint density at radius 1 is 0.667 bits per heavy atom. The lowest BCUT2D eigenvalue weighted by atomic mass is 9.73. The first kappa shape index (κ1) is 20.4. The van der Waals surface area contributed by atoms with Crippen LogP contribution in [0.15, 0.2) is 12.1 Å². The second-order valence-electron chi connectivity index (χ2n) is 6.71. The highest BCUT2D eigenvalue weighted by atomic mass is 16.5. The van der Waals surface area contributed by atoms with Crippen molar-refractivity contribution in [1.29, 1.82) is 0 Å². The molecule has 0 amide bonds. The zero-order valence-corrected chi connectivity index (χ0v) is 15.3. The molecule has 0 heterocycles. The number of hydrogen-bond acceptors (Lipinski definition) is 10. The van der Waals surface area contributed by atoms with Crippen LogP contribution < -0.4 is 21.9 Å². The maximum absolute atomic E-state index is 10.1. The van der Waals surface area contributed by atoms with Crippen molar-refractivity contribution in [2.75, 3.05) is 21.9 Å². The van der Waals surface area contributed by atoms with Gasteiger partial charge in [0.25, 0.3) is 0 Å². The molecule has 0 aliphatic heterocycles. The minimum Gasteiger partial charge on any atom is -0.504 e. The molecule has 0 aromatic heterocycles. The lowest BCUT2D eigenvalue weighted by Crippen LogP contribution is -2.23. The van der Waals surface area contributed by atoms with Crippen molar-refractivity contribution in [2.24, 2.45) is 0 Å². The van der Waals surface area contributed by atoms with Gasteiger partial charge in [0.2, 0.25) is 0 Å². The fourth-order valence-corrected chi connectivity index (χ4v) is 3.42. The first-order valence-electron chi connectivity index (χ1n) is 8.00. The first-order valence-corrected chi connectivity index (χ1v) is 8.00. The van der Waals surface area contributed by atoms with Gasteiger partial charge < -0.3 is 10.2 Å². The maximum Gasteiger partial charge on any atom is 0.167 e.